The highest BCUT2D eigenvalue weighted by Gasteiger charge is 2.50. The second kappa shape index (κ2) is 5.82. The Balaban J connectivity index is 1.46. The fraction of sp³-hybridized carbons (Fsp3) is 0.455. The Morgan fingerprint density at radius 3 is 2.26 bits per heavy atom. The van der Waals surface area contributed by atoms with Gasteiger partial charge in [-0.1, -0.05) is 18.2 Å². The first-order valence-electron chi connectivity index (χ1n) is 9.97. The summed E-state index contributed by atoms with van der Waals surface area (Å²) in [4.78, 5) is 0. The van der Waals surface area contributed by atoms with Gasteiger partial charge in [0.2, 0.25) is 0 Å². The van der Waals surface area contributed by atoms with Crippen LogP contribution in [-0.2, 0) is 11.3 Å². The normalized spacial score (nSPS) is 33.0. The highest BCUT2D eigenvalue weighted by molar-refractivity contribution is 7.80. The van der Waals surface area contributed by atoms with Gasteiger partial charge in [-0.15, -0.1) is 0 Å². The van der Waals surface area contributed by atoms with Crippen molar-refractivity contribution in [3.05, 3.63) is 42.5 Å². The number of furan rings is 1. The molecule has 3 aromatic rings. The van der Waals surface area contributed by atoms with Gasteiger partial charge in [0.05, 0.1) is 0 Å². The first-order valence-corrected chi connectivity index (χ1v) is 11.0. The molecule has 0 radical (unpaired) electrons. The van der Waals surface area contributed by atoms with Crippen LogP contribution in [0.4, 0.5) is 5.69 Å². The third-order valence-corrected chi connectivity index (χ3v) is 8.00. The SMILES string of the molecule is O=S([O-])N(c1ccc2oc3ccccc3c2c1)C1C2CC3CC(C2)CC1C3. The molecule has 7 rings (SSSR count). The van der Waals surface area contributed by atoms with Gasteiger partial charge in [-0.2, -0.15) is 0 Å². The van der Waals surface area contributed by atoms with E-state index in [9.17, 15) is 8.76 Å². The van der Waals surface area contributed by atoms with Crippen molar-refractivity contribution in [2.24, 2.45) is 23.7 Å². The Hall–Kier alpha value is -1.85. The molecule has 4 fully saturated rings. The summed E-state index contributed by atoms with van der Waals surface area (Å²) in [6.45, 7) is 0. The zero-order chi connectivity index (χ0) is 18.1. The molecule has 0 spiro atoms. The topological polar surface area (TPSA) is 56.5 Å². The number of fused-ring (bicyclic) bond motifs is 3. The fourth-order valence-electron chi connectivity index (χ4n) is 6.49. The lowest BCUT2D eigenvalue weighted by atomic mass is 9.54. The van der Waals surface area contributed by atoms with Crippen LogP contribution >= 0.6 is 0 Å². The Morgan fingerprint density at radius 2 is 1.56 bits per heavy atom. The van der Waals surface area contributed by atoms with Gasteiger partial charge in [-0.3, -0.25) is 8.51 Å². The van der Waals surface area contributed by atoms with E-state index < -0.39 is 11.3 Å². The molecule has 1 aromatic heterocycles. The average Bonchev–Trinajstić information content (AvgIpc) is 3.01. The molecule has 4 nitrogen and oxygen atoms in total. The van der Waals surface area contributed by atoms with E-state index >= 15 is 0 Å². The summed E-state index contributed by atoms with van der Waals surface area (Å²) in [5, 5.41) is 2.03. The van der Waals surface area contributed by atoms with Crippen LogP contribution < -0.4 is 4.31 Å². The molecule has 4 aliphatic carbocycles. The Labute approximate surface area is 160 Å². The van der Waals surface area contributed by atoms with Crippen molar-refractivity contribution in [1.82, 2.24) is 0 Å². The van der Waals surface area contributed by atoms with Gasteiger partial charge in [0.15, 0.2) is 0 Å². The molecule has 1 unspecified atom stereocenters. The number of benzene rings is 2. The van der Waals surface area contributed by atoms with E-state index in [-0.39, 0.29) is 6.04 Å². The molecule has 0 N–H and O–H groups in total. The Kier molecular flexibility index (Phi) is 3.48. The third kappa shape index (κ3) is 2.41. The minimum atomic E-state index is -2.27. The minimum Gasteiger partial charge on any atom is -0.755 e. The summed E-state index contributed by atoms with van der Waals surface area (Å²) < 4.78 is 32.3. The molecule has 1 atom stereocenters. The number of rotatable bonds is 3. The second-order valence-electron chi connectivity index (χ2n) is 8.74. The molecule has 2 aromatic carbocycles. The van der Waals surface area contributed by atoms with Crippen LogP contribution in [0.2, 0.25) is 0 Å². The summed E-state index contributed by atoms with van der Waals surface area (Å²) in [7, 11) is 0. The van der Waals surface area contributed by atoms with Crippen molar-refractivity contribution < 1.29 is 13.2 Å². The molecule has 0 amide bonds. The van der Waals surface area contributed by atoms with E-state index in [1.165, 1.54) is 32.1 Å². The number of para-hydroxylation sites is 1. The molecule has 4 aliphatic rings. The maximum Gasteiger partial charge on any atom is 0.135 e. The lowest BCUT2D eigenvalue weighted by Gasteiger charge is -2.57. The second-order valence-corrected chi connectivity index (χ2v) is 9.57. The maximum atomic E-state index is 12.4. The number of hydrogen-bond donors (Lipinski definition) is 0. The lowest BCUT2D eigenvalue weighted by molar-refractivity contribution is 0.00216. The van der Waals surface area contributed by atoms with Crippen molar-refractivity contribution in [2.75, 3.05) is 4.31 Å². The summed E-state index contributed by atoms with van der Waals surface area (Å²) in [5.41, 5.74) is 2.43. The van der Waals surface area contributed by atoms with Gasteiger partial charge >= 0.3 is 0 Å². The number of anilines is 1. The zero-order valence-electron chi connectivity index (χ0n) is 15.0. The van der Waals surface area contributed by atoms with Crippen LogP contribution in [0.5, 0.6) is 0 Å². The zero-order valence-corrected chi connectivity index (χ0v) is 15.9. The lowest BCUT2D eigenvalue weighted by Crippen LogP contribution is -2.56. The van der Waals surface area contributed by atoms with Crippen molar-refractivity contribution in [2.45, 2.75) is 38.1 Å². The Morgan fingerprint density at radius 1 is 0.889 bits per heavy atom. The van der Waals surface area contributed by atoms with Gasteiger partial charge in [0.1, 0.15) is 11.2 Å². The van der Waals surface area contributed by atoms with Crippen LogP contribution in [-0.4, -0.2) is 14.8 Å². The minimum absolute atomic E-state index is 0.117. The number of hydrogen-bond acceptors (Lipinski definition) is 3. The molecule has 5 heteroatoms. The first-order chi connectivity index (χ1) is 13.2. The molecular weight excluding hydrogens is 358 g/mol. The third-order valence-electron chi connectivity index (χ3n) is 7.22. The predicted molar refractivity (Wildman–Crippen MR) is 106 cm³/mol. The molecular formula is C22H22NO3S-. The summed E-state index contributed by atoms with van der Waals surface area (Å²) in [6.07, 6.45) is 6.15. The van der Waals surface area contributed by atoms with E-state index in [2.05, 4.69) is 0 Å². The highest BCUT2D eigenvalue weighted by atomic mass is 32.2. The first kappa shape index (κ1) is 16.1. The largest absolute Gasteiger partial charge is 0.755 e. The standard InChI is InChI=1S/C22H23NO3S/c24-27(25)23(22-15-8-13-7-14(10-15)11-16(22)9-13)17-5-6-21-19(12-17)18-3-1-2-4-20(18)26-21/h1-6,12-16,22H,7-11H2,(H,24,25)/p-1. The monoisotopic (exact) mass is 380 g/mol. The van der Waals surface area contributed by atoms with Crippen LogP contribution in [0, 0.1) is 23.7 Å². The van der Waals surface area contributed by atoms with Crippen molar-refractivity contribution in [3.8, 4) is 0 Å². The highest BCUT2D eigenvalue weighted by Crippen LogP contribution is 2.55. The molecule has 1 heterocycles. The molecule has 0 saturated heterocycles. The fourth-order valence-corrected chi connectivity index (χ4v) is 7.32. The van der Waals surface area contributed by atoms with Crippen LogP contribution in [0.15, 0.2) is 46.9 Å². The molecule has 0 aliphatic heterocycles. The molecule has 4 saturated carbocycles. The van der Waals surface area contributed by atoms with Gasteiger partial charge in [0.25, 0.3) is 0 Å². The molecule has 27 heavy (non-hydrogen) atoms. The average molecular weight is 380 g/mol. The van der Waals surface area contributed by atoms with Gasteiger partial charge in [0, 0.05) is 33.8 Å². The van der Waals surface area contributed by atoms with Gasteiger partial charge in [-0.05, 0) is 80.0 Å². The van der Waals surface area contributed by atoms with Gasteiger partial charge in [-0.25, -0.2) is 0 Å². The predicted octanol–water partition coefficient (Wildman–Crippen LogP) is 5.01. The Bertz CT molecular complexity index is 1030. The van der Waals surface area contributed by atoms with E-state index in [1.807, 2.05) is 42.5 Å². The van der Waals surface area contributed by atoms with E-state index in [0.717, 1.165) is 39.5 Å². The van der Waals surface area contributed by atoms with Crippen molar-refractivity contribution in [3.63, 3.8) is 0 Å². The van der Waals surface area contributed by atoms with Gasteiger partial charge < -0.3 is 8.97 Å². The van der Waals surface area contributed by atoms with Crippen LogP contribution in [0.25, 0.3) is 21.9 Å². The summed E-state index contributed by atoms with van der Waals surface area (Å²) in [5.74, 6) is 2.67. The van der Waals surface area contributed by atoms with E-state index in [0.29, 0.717) is 11.8 Å². The molecule has 140 valence electrons. The van der Waals surface area contributed by atoms with Crippen LogP contribution in [0.1, 0.15) is 32.1 Å². The van der Waals surface area contributed by atoms with E-state index in [1.54, 1.807) is 4.31 Å². The smallest absolute Gasteiger partial charge is 0.135 e. The maximum absolute atomic E-state index is 12.4. The van der Waals surface area contributed by atoms with Crippen molar-refractivity contribution in [1.29, 1.82) is 0 Å². The van der Waals surface area contributed by atoms with Crippen molar-refractivity contribution >= 4 is 38.9 Å². The number of nitrogens with zero attached hydrogens (tertiary/aromatic N) is 1. The quantitative estimate of drug-likeness (QED) is 0.600. The summed E-state index contributed by atoms with van der Waals surface area (Å²) in [6, 6.07) is 13.9. The van der Waals surface area contributed by atoms with E-state index in [4.69, 9.17) is 4.42 Å². The molecule has 4 bridgehead atoms. The summed E-state index contributed by atoms with van der Waals surface area (Å²) >= 11 is -2.27. The van der Waals surface area contributed by atoms with Crippen LogP contribution in [0.3, 0.4) is 0 Å².